The number of halogens is 1. The van der Waals surface area contributed by atoms with E-state index in [1.807, 2.05) is 0 Å². The second-order valence-corrected chi connectivity index (χ2v) is 7.50. The zero-order valence-electron chi connectivity index (χ0n) is 14.2. The van der Waals surface area contributed by atoms with Gasteiger partial charge in [-0.25, -0.2) is 14.4 Å². The monoisotopic (exact) mass is 316 g/mol. The van der Waals surface area contributed by atoms with Crippen LogP contribution in [0.25, 0.3) is 10.9 Å². The Morgan fingerprint density at radius 3 is 2.52 bits per heavy atom. The average molecular weight is 316 g/mol. The zero-order valence-corrected chi connectivity index (χ0v) is 14.2. The fourth-order valence-corrected chi connectivity index (χ4v) is 2.94. The van der Waals surface area contributed by atoms with Crippen LogP contribution in [-0.4, -0.2) is 47.6 Å². The van der Waals surface area contributed by atoms with Gasteiger partial charge in [-0.2, -0.15) is 0 Å². The van der Waals surface area contributed by atoms with Gasteiger partial charge < -0.3 is 4.90 Å². The van der Waals surface area contributed by atoms with Gasteiger partial charge in [0.15, 0.2) is 0 Å². The van der Waals surface area contributed by atoms with Gasteiger partial charge >= 0.3 is 0 Å². The number of fused-ring (bicyclic) bond motifs is 1. The van der Waals surface area contributed by atoms with Crippen LogP contribution in [0.5, 0.6) is 0 Å². The molecule has 2 aromatic rings. The molecular formula is C18H25FN4. The summed E-state index contributed by atoms with van der Waals surface area (Å²) < 4.78 is 13.6. The summed E-state index contributed by atoms with van der Waals surface area (Å²) in [6.45, 7) is 11.9. The molecule has 0 atom stereocenters. The Kier molecular flexibility index (Phi) is 4.48. The smallest absolute Gasteiger partial charge is 0.140 e. The standard InChI is InChI=1S/C18H25FN4/c1-18(2,3)6-7-22-8-10-23(11-9-22)17-15-12-14(19)4-5-16(15)20-13-21-17/h4-5,12-13H,6-11H2,1-3H3. The Hall–Kier alpha value is -1.75. The molecule has 2 heterocycles. The van der Waals surface area contributed by atoms with Gasteiger partial charge in [0.05, 0.1) is 5.52 Å². The molecule has 124 valence electrons. The lowest BCUT2D eigenvalue weighted by Gasteiger charge is -2.36. The lowest BCUT2D eigenvalue weighted by molar-refractivity contribution is 0.217. The van der Waals surface area contributed by atoms with E-state index in [0.717, 1.165) is 49.4 Å². The van der Waals surface area contributed by atoms with Crippen LogP contribution in [0.15, 0.2) is 24.5 Å². The molecule has 0 bridgehead atoms. The number of rotatable bonds is 3. The molecule has 1 aliphatic heterocycles. The van der Waals surface area contributed by atoms with Gasteiger partial charge in [-0.15, -0.1) is 0 Å². The van der Waals surface area contributed by atoms with E-state index in [4.69, 9.17) is 0 Å². The maximum atomic E-state index is 13.6. The van der Waals surface area contributed by atoms with Crippen molar-refractivity contribution in [2.75, 3.05) is 37.6 Å². The highest BCUT2D eigenvalue weighted by Gasteiger charge is 2.21. The molecule has 0 amide bonds. The molecule has 1 saturated heterocycles. The fraction of sp³-hybridized carbons (Fsp3) is 0.556. The summed E-state index contributed by atoms with van der Waals surface area (Å²) >= 11 is 0. The van der Waals surface area contributed by atoms with E-state index in [1.54, 1.807) is 12.4 Å². The molecule has 5 heteroatoms. The Morgan fingerprint density at radius 2 is 1.83 bits per heavy atom. The van der Waals surface area contributed by atoms with Crippen molar-refractivity contribution < 1.29 is 4.39 Å². The van der Waals surface area contributed by atoms with Gasteiger partial charge in [0, 0.05) is 31.6 Å². The summed E-state index contributed by atoms with van der Waals surface area (Å²) in [5, 5.41) is 0.802. The second kappa shape index (κ2) is 6.40. The van der Waals surface area contributed by atoms with Crippen molar-refractivity contribution in [3.05, 3.63) is 30.3 Å². The first-order valence-electron chi connectivity index (χ1n) is 8.30. The van der Waals surface area contributed by atoms with Crippen molar-refractivity contribution in [1.29, 1.82) is 0 Å². The van der Waals surface area contributed by atoms with Gasteiger partial charge in [-0.05, 0) is 36.6 Å². The van der Waals surface area contributed by atoms with Crippen LogP contribution in [0, 0.1) is 11.2 Å². The highest BCUT2D eigenvalue weighted by Crippen LogP contribution is 2.25. The molecule has 0 unspecified atom stereocenters. The first-order valence-corrected chi connectivity index (χ1v) is 8.30. The largest absolute Gasteiger partial charge is 0.353 e. The molecule has 0 saturated carbocycles. The van der Waals surface area contributed by atoms with E-state index in [0.29, 0.717) is 5.41 Å². The molecule has 0 spiro atoms. The Balaban J connectivity index is 1.69. The van der Waals surface area contributed by atoms with E-state index in [1.165, 1.54) is 18.6 Å². The first-order chi connectivity index (χ1) is 10.9. The highest BCUT2D eigenvalue weighted by atomic mass is 19.1. The van der Waals surface area contributed by atoms with Crippen LogP contribution < -0.4 is 4.90 Å². The van der Waals surface area contributed by atoms with Crippen LogP contribution >= 0.6 is 0 Å². The van der Waals surface area contributed by atoms with Crippen molar-refractivity contribution in [1.82, 2.24) is 14.9 Å². The minimum atomic E-state index is -0.239. The number of hydrogen-bond donors (Lipinski definition) is 0. The molecule has 0 aliphatic carbocycles. The van der Waals surface area contributed by atoms with E-state index in [2.05, 4.69) is 40.5 Å². The number of anilines is 1. The van der Waals surface area contributed by atoms with E-state index >= 15 is 0 Å². The Labute approximate surface area is 137 Å². The number of nitrogens with zero attached hydrogens (tertiary/aromatic N) is 4. The SMILES string of the molecule is CC(C)(C)CCN1CCN(c2ncnc3ccc(F)cc23)CC1. The maximum Gasteiger partial charge on any atom is 0.140 e. The molecule has 0 radical (unpaired) electrons. The summed E-state index contributed by atoms with van der Waals surface area (Å²) in [5.41, 5.74) is 1.17. The number of hydrogen-bond acceptors (Lipinski definition) is 4. The molecule has 1 aliphatic rings. The molecule has 3 rings (SSSR count). The lowest BCUT2D eigenvalue weighted by Crippen LogP contribution is -2.47. The maximum absolute atomic E-state index is 13.6. The summed E-state index contributed by atoms with van der Waals surface area (Å²) in [6, 6.07) is 4.70. The summed E-state index contributed by atoms with van der Waals surface area (Å²) in [5.74, 6) is 0.613. The van der Waals surface area contributed by atoms with Gasteiger partial charge in [-0.3, -0.25) is 4.90 Å². The highest BCUT2D eigenvalue weighted by molar-refractivity contribution is 5.89. The molecule has 0 N–H and O–H groups in total. The molecule has 4 nitrogen and oxygen atoms in total. The average Bonchev–Trinajstić information content (AvgIpc) is 2.52. The third kappa shape index (κ3) is 3.96. The number of aromatic nitrogens is 2. The summed E-state index contributed by atoms with van der Waals surface area (Å²) in [4.78, 5) is 13.4. The number of benzene rings is 1. The van der Waals surface area contributed by atoms with Crippen LogP contribution in [0.3, 0.4) is 0 Å². The normalized spacial score (nSPS) is 17.0. The Morgan fingerprint density at radius 1 is 1.09 bits per heavy atom. The van der Waals surface area contributed by atoms with Crippen LogP contribution in [0.1, 0.15) is 27.2 Å². The van der Waals surface area contributed by atoms with E-state index < -0.39 is 0 Å². The van der Waals surface area contributed by atoms with Crippen LogP contribution in [0.4, 0.5) is 10.2 Å². The minimum Gasteiger partial charge on any atom is -0.353 e. The molecule has 1 aromatic heterocycles. The zero-order chi connectivity index (χ0) is 16.4. The minimum absolute atomic E-state index is 0.239. The topological polar surface area (TPSA) is 32.3 Å². The predicted molar refractivity (Wildman–Crippen MR) is 92.2 cm³/mol. The summed E-state index contributed by atoms with van der Waals surface area (Å²) in [6.07, 6.45) is 2.77. The van der Waals surface area contributed by atoms with Gasteiger partial charge in [0.2, 0.25) is 0 Å². The third-order valence-electron chi connectivity index (χ3n) is 4.43. The quantitative estimate of drug-likeness (QED) is 0.869. The first kappa shape index (κ1) is 16.1. The molecule has 23 heavy (non-hydrogen) atoms. The van der Waals surface area contributed by atoms with Gasteiger partial charge in [0.1, 0.15) is 18.0 Å². The van der Waals surface area contributed by atoms with Crippen molar-refractivity contribution >= 4 is 16.7 Å². The van der Waals surface area contributed by atoms with E-state index in [-0.39, 0.29) is 5.82 Å². The predicted octanol–water partition coefficient (Wildman–Crippen LogP) is 3.33. The van der Waals surface area contributed by atoms with Gasteiger partial charge in [-0.1, -0.05) is 20.8 Å². The van der Waals surface area contributed by atoms with E-state index in [9.17, 15) is 4.39 Å². The second-order valence-electron chi connectivity index (χ2n) is 7.50. The Bertz CT molecular complexity index is 672. The molecule has 1 aromatic carbocycles. The van der Waals surface area contributed by atoms with Gasteiger partial charge in [0.25, 0.3) is 0 Å². The number of piperazine rings is 1. The lowest BCUT2D eigenvalue weighted by atomic mass is 9.92. The molecule has 1 fully saturated rings. The van der Waals surface area contributed by atoms with Crippen molar-refractivity contribution in [3.63, 3.8) is 0 Å². The van der Waals surface area contributed by atoms with Crippen molar-refractivity contribution in [3.8, 4) is 0 Å². The van der Waals surface area contributed by atoms with Crippen molar-refractivity contribution in [2.24, 2.45) is 5.41 Å². The van der Waals surface area contributed by atoms with Crippen molar-refractivity contribution in [2.45, 2.75) is 27.2 Å². The molecular weight excluding hydrogens is 291 g/mol. The fourth-order valence-electron chi connectivity index (χ4n) is 2.94. The van der Waals surface area contributed by atoms with Crippen LogP contribution in [-0.2, 0) is 0 Å². The third-order valence-corrected chi connectivity index (χ3v) is 4.43. The summed E-state index contributed by atoms with van der Waals surface area (Å²) in [7, 11) is 0. The van der Waals surface area contributed by atoms with Crippen LogP contribution in [0.2, 0.25) is 0 Å².